The van der Waals surface area contributed by atoms with E-state index in [4.69, 9.17) is 19.2 Å². The zero-order valence-corrected chi connectivity index (χ0v) is 24.6. The van der Waals surface area contributed by atoms with Crippen molar-refractivity contribution >= 4 is 11.5 Å². The highest BCUT2D eigenvalue weighted by Crippen LogP contribution is 2.35. The number of hydrogen-bond donors (Lipinski definition) is 1. The molecule has 1 fully saturated rings. The summed E-state index contributed by atoms with van der Waals surface area (Å²) in [6.45, 7) is 7.43. The maximum atomic E-state index is 15.8. The first-order chi connectivity index (χ1) is 20.9. The molecule has 0 atom stereocenters. The summed E-state index contributed by atoms with van der Waals surface area (Å²) in [6.07, 6.45) is 7.76. The van der Waals surface area contributed by atoms with Crippen molar-refractivity contribution in [1.82, 2.24) is 19.7 Å². The molecule has 1 aromatic carbocycles. The van der Waals surface area contributed by atoms with Gasteiger partial charge in [0.15, 0.2) is 5.82 Å². The third kappa shape index (κ3) is 5.94. The first-order valence-corrected chi connectivity index (χ1v) is 15.0. The standard InChI is InChI=1S/C33H37FN4O5/c1-3-42-32-27(33(39)40)18-35-38(32)29-9-5-8-28(36-29)26-7-4-6-21(2)31(26)43-20-23-11-10-22-19-37(15-12-25(22)30(23)34)24-13-16-41-17-14-24/h5,7-11,18,24H,3-4,6,12-17,19-20H2,1-2H3,(H,39,40). The van der Waals surface area contributed by atoms with Gasteiger partial charge in [-0.25, -0.2) is 14.2 Å². The van der Waals surface area contributed by atoms with Crippen molar-refractivity contribution in [2.75, 3.05) is 26.4 Å². The number of fused-ring (bicyclic) bond motifs is 1. The Bertz CT molecular complexity index is 1570. The fourth-order valence-corrected chi connectivity index (χ4v) is 6.21. The van der Waals surface area contributed by atoms with Crippen LogP contribution in [0.4, 0.5) is 4.39 Å². The van der Waals surface area contributed by atoms with E-state index in [-0.39, 0.29) is 30.5 Å². The maximum Gasteiger partial charge on any atom is 0.342 e. The van der Waals surface area contributed by atoms with Gasteiger partial charge >= 0.3 is 5.97 Å². The molecule has 2 aromatic heterocycles. The number of hydrogen-bond acceptors (Lipinski definition) is 7. The minimum Gasteiger partial charge on any atom is -0.488 e. The minimum absolute atomic E-state index is 0.0333. The predicted octanol–water partition coefficient (Wildman–Crippen LogP) is 5.71. The van der Waals surface area contributed by atoms with E-state index >= 15 is 4.39 Å². The van der Waals surface area contributed by atoms with Crippen molar-refractivity contribution in [3.05, 3.63) is 87.7 Å². The molecule has 0 unspecified atom stereocenters. The van der Waals surface area contributed by atoms with Gasteiger partial charge in [-0.05, 0) is 74.8 Å². The molecule has 4 heterocycles. The Kier molecular flexibility index (Phi) is 8.58. The van der Waals surface area contributed by atoms with Crippen LogP contribution in [0.1, 0.15) is 72.3 Å². The van der Waals surface area contributed by atoms with E-state index in [2.05, 4.69) is 22.1 Å². The third-order valence-electron chi connectivity index (χ3n) is 8.49. The summed E-state index contributed by atoms with van der Waals surface area (Å²) in [5.41, 5.74) is 4.91. The van der Waals surface area contributed by atoms with Crippen molar-refractivity contribution in [1.29, 1.82) is 0 Å². The Hall–Kier alpha value is -4.02. The highest BCUT2D eigenvalue weighted by molar-refractivity contribution is 5.90. The van der Waals surface area contributed by atoms with Crippen molar-refractivity contribution in [2.45, 2.75) is 65.1 Å². The number of nitrogens with zero attached hydrogens (tertiary/aromatic N) is 4. The van der Waals surface area contributed by atoms with Gasteiger partial charge in [-0.1, -0.05) is 24.3 Å². The van der Waals surface area contributed by atoms with E-state index in [1.165, 1.54) is 10.9 Å². The average molecular weight is 589 g/mol. The molecule has 1 aliphatic carbocycles. The molecule has 0 saturated carbocycles. The summed E-state index contributed by atoms with van der Waals surface area (Å²) < 4.78 is 34.7. The Balaban J connectivity index is 1.21. The summed E-state index contributed by atoms with van der Waals surface area (Å²) in [7, 11) is 0. The number of ether oxygens (including phenoxy) is 3. The number of carboxylic acids is 1. The number of carboxylic acid groups (broad SMARTS) is 1. The molecule has 10 heteroatoms. The van der Waals surface area contributed by atoms with Crippen LogP contribution in [0, 0.1) is 5.82 Å². The van der Waals surface area contributed by atoms with Crippen LogP contribution in [0.15, 0.2) is 53.9 Å². The fourth-order valence-electron chi connectivity index (χ4n) is 6.21. The number of benzene rings is 1. The Labute approximate surface area is 250 Å². The summed E-state index contributed by atoms with van der Waals surface area (Å²) in [6, 6.07) is 9.88. The smallest absolute Gasteiger partial charge is 0.342 e. The lowest BCUT2D eigenvalue weighted by Crippen LogP contribution is -2.42. The normalized spacial score (nSPS) is 17.9. The van der Waals surface area contributed by atoms with E-state index in [1.54, 1.807) is 13.0 Å². The molecule has 9 nitrogen and oxygen atoms in total. The van der Waals surface area contributed by atoms with Gasteiger partial charge in [0, 0.05) is 43.5 Å². The van der Waals surface area contributed by atoms with Gasteiger partial charge in [0.1, 0.15) is 23.7 Å². The van der Waals surface area contributed by atoms with Gasteiger partial charge in [-0.2, -0.15) is 9.78 Å². The van der Waals surface area contributed by atoms with Crippen molar-refractivity contribution in [2.24, 2.45) is 0 Å². The number of aromatic carboxylic acids is 1. The highest BCUT2D eigenvalue weighted by atomic mass is 19.1. The molecule has 1 saturated heterocycles. The monoisotopic (exact) mass is 588 g/mol. The summed E-state index contributed by atoms with van der Waals surface area (Å²) in [4.78, 5) is 19.0. The van der Waals surface area contributed by atoms with E-state index in [0.717, 1.165) is 74.3 Å². The molecular formula is C33H37FN4O5. The zero-order valence-electron chi connectivity index (χ0n) is 24.6. The van der Waals surface area contributed by atoms with Crippen LogP contribution in [-0.4, -0.2) is 63.1 Å². The average Bonchev–Trinajstić information content (AvgIpc) is 3.46. The summed E-state index contributed by atoms with van der Waals surface area (Å²) >= 11 is 0. The molecule has 0 spiro atoms. The summed E-state index contributed by atoms with van der Waals surface area (Å²) in [5, 5.41) is 13.8. The molecule has 1 N–H and O–H groups in total. The van der Waals surface area contributed by atoms with Crippen molar-refractivity contribution in [3.8, 4) is 11.7 Å². The predicted molar refractivity (Wildman–Crippen MR) is 159 cm³/mol. The van der Waals surface area contributed by atoms with Gasteiger partial charge in [0.05, 0.1) is 18.5 Å². The van der Waals surface area contributed by atoms with Gasteiger partial charge in [0.2, 0.25) is 5.88 Å². The number of carbonyl (C=O) groups is 1. The first-order valence-electron chi connectivity index (χ1n) is 15.0. The SMILES string of the molecule is CCOc1c(C(=O)O)cnn1-c1cccc(C2=CCCC(C)=C2OCc2ccc3c(c2F)CCN(C2CCOCC2)C3)n1. The first kappa shape index (κ1) is 29.1. The topological polar surface area (TPSA) is 98.9 Å². The second kappa shape index (κ2) is 12.7. The quantitative estimate of drug-likeness (QED) is 0.340. The zero-order chi connectivity index (χ0) is 29.9. The number of rotatable bonds is 9. The highest BCUT2D eigenvalue weighted by Gasteiger charge is 2.28. The molecule has 0 amide bonds. The van der Waals surface area contributed by atoms with Crippen LogP contribution in [0.2, 0.25) is 0 Å². The molecular weight excluding hydrogens is 551 g/mol. The van der Waals surface area contributed by atoms with Crippen LogP contribution in [0.5, 0.6) is 5.88 Å². The van der Waals surface area contributed by atoms with Crippen LogP contribution in [0.3, 0.4) is 0 Å². The lowest BCUT2D eigenvalue weighted by atomic mass is 9.94. The molecule has 3 aliphatic rings. The molecule has 3 aromatic rings. The minimum atomic E-state index is -1.12. The molecule has 43 heavy (non-hydrogen) atoms. The second-order valence-electron chi connectivity index (χ2n) is 11.2. The number of allylic oxidation sites excluding steroid dienone is 3. The van der Waals surface area contributed by atoms with Crippen LogP contribution >= 0.6 is 0 Å². The van der Waals surface area contributed by atoms with Gasteiger partial charge < -0.3 is 19.3 Å². The van der Waals surface area contributed by atoms with Gasteiger partial charge in [-0.15, -0.1) is 0 Å². The molecule has 2 aliphatic heterocycles. The van der Waals surface area contributed by atoms with Crippen molar-refractivity contribution in [3.63, 3.8) is 0 Å². The Morgan fingerprint density at radius 2 is 2.00 bits per heavy atom. The van der Waals surface area contributed by atoms with Crippen LogP contribution in [0.25, 0.3) is 11.4 Å². The van der Waals surface area contributed by atoms with E-state index < -0.39 is 5.97 Å². The van der Waals surface area contributed by atoms with Gasteiger partial charge in [0.25, 0.3) is 0 Å². The molecule has 6 rings (SSSR count). The van der Waals surface area contributed by atoms with Gasteiger partial charge in [-0.3, -0.25) is 4.90 Å². The molecule has 0 radical (unpaired) electrons. The van der Waals surface area contributed by atoms with Crippen LogP contribution < -0.4 is 4.74 Å². The third-order valence-corrected chi connectivity index (χ3v) is 8.49. The fraction of sp³-hybridized carbons (Fsp3) is 0.424. The van der Waals surface area contributed by atoms with E-state index in [0.29, 0.717) is 35.3 Å². The summed E-state index contributed by atoms with van der Waals surface area (Å²) in [5.74, 6) is -0.0523. The lowest BCUT2D eigenvalue weighted by molar-refractivity contribution is 0.0288. The van der Waals surface area contributed by atoms with E-state index in [1.807, 2.05) is 25.1 Å². The van der Waals surface area contributed by atoms with Crippen molar-refractivity contribution < 1.29 is 28.5 Å². The van der Waals surface area contributed by atoms with E-state index in [9.17, 15) is 9.90 Å². The Morgan fingerprint density at radius 3 is 2.79 bits per heavy atom. The number of pyridine rings is 1. The van der Waals surface area contributed by atoms with Crippen LogP contribution in [-0.2, 0) is 29.0 Å². The number of aromatic nitrogens is 3. The molecule has 226 valence electrons. The largest absolute Gasteiger partial charge is 0.488 e. The maximum absolute atomic E-state index is 15.8. The number of halogens is 1. The molecule has 0 bridgehead atoms. The Morgan fingerprint density at radius 1 is 1.16 bits per heavy atom. The lowest BCUT2D eigenvalue weighted by Gasteiger charge is -2.37. The second-order valence-corrected chi connectivity index (χ2v) is 11.2.